The van der Waals surface area contributed by atoms with E-state index in [1.807, 2.05) is 6.92 Å². The summed E-state index contributed by atoms with van der Waals surface area (Å²) in [7, 11) is 0. The summed E-state index contributed by atoms with van der Waals surface area (Å²) in [5.41, 5.74) is 0.339. The van der Waals surface area contributed by atoms with Gasteiger partial charge in [0, 0.05) is 12.5 Å². The molecule has 2 unspecified atom stereocenters. The van der Waals surface area contributed by atoms with Crippen LogP contribution in [0.1, 0.15) is 33.6 Å². The second kappa shape index (κ2) is 3.75. The topological polar surface area (TPSA) is 29.5 Å². The highest BCUT2D eigenvalue weighted by Gasteiger charge is 2.29. The maximum absolute atomic E-state index is 8.94. The van der Waals surface area contributed by atoms with E-state index in [2.05, 4.69) is 13.8 Å². The second-order valence-corrected chi connectivity index (χ2v) is 4.71. The molecule has 0 spiro atoms. The van der Waals surface area contributed by atoms with Gasteiger partial charge in [0.15, 0.2) is 0 Å². The summed E-state index contributed by atoms with van der Waals surface area (Å²) >= 11 is 0. The highest BCUT2D eigenvalue weighted by Crippen LogP contribution is 2.32. The van der Waals surface area contributed by atoms with Crippen LogP contribution in [0.25, 0.3) is 0 Å². The van der Waals surface area contributed by atoms with Gasteiger partial charge in [-0.25, -0.2) is 0 Å². The van der Waals surface area contributed by atoms with Crippen LogP contribution in [0.5, 0.6) is 0 Å². The van der Waals surface area contributed by atoms with E-state index >= 15 is 0 Å². The molecule has 72 valence electrons. The summed E-state index contributed by atoms with van der Waals surface area (Å²) in [4.78, 5) is 0. The second-order valence-electron chi connectivity index (χ2n) is 4.71. The van der Waals surface area contributed by atoms with Crippen LogP contribution in [-0.4, -0.2) is 24.4 Å². The average molecular weight is 172 g/mol. The van der Waals surface area contributed by atoms with E-state index in [0.29, 0.717) is 11.3 Å². The van der Waals surface area contributed by atoms with Gasteiger partial charge in [0.05, 0.1) is 12.7 Å². The minimum atomic E-state index is 0.241. The van der Waals surface area contributed by atoms with Gasteiger partial charge >= 0.3 is 0 Å². The van der Waals surface area contributed by atoms with Crippen LogP contribution in [0, 0.1) is 11.3 Å². The number of rotatable bonds is 2. The summed E-state index contributed by atoms with van der Waals surface area (Å²) in [6.45, 7) is 7.58. The van der Waals surface area contributed by atoms with Crippen LogP contribution in [0.3, 0.4) is 0 Å². The molecule has 1 fully saturated rings. The molecule has 12 heavy (non-hydrogen) atoms. The van der Waals surface area contributed by atoms with Gasteiger partial charge in [0.1, 0.15) is 0 Å². The Bertz CT molecular complexity index is 133. The first-order valence-electron chi connectivity index (χ1n) is 4.77. The highest BCUT2D eigenvalue weighted by molar-refractivity contribution is 4.78. The quantitative estimate of drug-likeness (QED) is 0.688. The number of aliphatic hydroxyl groups is 1. The molecule has 2 atom stereocenters. The summed E-state index contributed by atoms with van der Waals surface area (Å²) in [6.07, 6.45) is 2.58. The Kier molecular flexibility index (Phi) is 3.13. The van der Waals surface area contributed by atoms with E-state index in [0.717, 1.165) is 13.0 Å². The summed E-state index contributed by atoms with van der Waals surface area (Å²) < 4.78 is 5.69. The molecule has 0 aromatic rings. The van der Waals surface area contributed by atoms with Crippen LogP contribution in [-0.2, 0) is 4.74 Å². The van der Waals surface area contributed by atoms with Crippen molar-refractivity contribution in [2.45, 2.75) is 39.7 Å². The number of ether oxygens (including phenoxy) is 1. The molecule has 0 aliphatic carbocycles. The zero-order valence-electron chi connectivity index (χ0n) is 8.34. The molecular formula is C10H20O2. The first-order chi connectivity index (χ1) is 5.55. The minimum absolute atomic E-state index is 0.241. The third-order valence-corrected chi connectivity index (χ3v) is 2.72. The average Bonchev–Trinajstić information content (AvgIpc) is 2.03. The van der Waals surface area contributed by atoms with Gasteiger partial charge in [0.25, 0.3) is 0 Å². The fourth-order valence-corrected chi connectivity index (χ4v) is 1.59. The van der Waals surface area contributed by atoms with Crippen LogP contribution in [0.2, 0.25) is 0 Å². The minimum Gasteiger partial charge on any atom is -0.396 e. The van der Waals surface area contributed by atoms with Crippen molar-refractivity contribution in [1.82, 2.24) is 0 Å². The Morgan fingerprint density at radius 1 is 1.58 bits per heavy atom. The van der Waals surface area contributed by atoms with Crippen molar-refractivity contribution in [1.29, 1.82) is 0 Å². The lowest BCUT2D eigenvalue weighted by molar-refractivity contribution is -0.0794. The smallest absolute Gasteiger partial charge is 0.0623 e. The van der Waals surface area contributed by atoms with E-state index in [4.69, 9.17) is 9.84 Å². The summed E-state index contributed by atoms with van der Waals surface area (Å²) in [6, 6.07) is 0. The van der Waals surface area contributed by atoms with Crippen molar-refractivity contribution >= 4 is 0 Å². The predicted octanol–water partition coefficient (Wildman–Crippen LogP) is 1.82. The van der Waals surface area contributed by atoms with Crippen molar-refractivity contribution in [3.63, 3.8) is 0 Å². The van der Waals surface area contributed by atoms with Gasteiger partial charge < -0.3 is 9.84 Å². The van der Waals surface area contributed by atoms with E-state index in [-0.39, 0.29) is 12.7 Å². The molecule has 1 aliphatic rings. The van der Waals surface area contributed by atoms with Crippen LogP contribution in [0.15, 0.2) is 0 Å². The lowest BCUT2D eigenvalue weighted by Crippen LogP contribution is -2.36. The van der Waals surface area contributed by atoms with Gasteiger partial charge in [-0.15, -0.1) is 0 Å². The van der Waals surface area contributed by atoms with E-state index in [9.17, 15) is 0 Å². The first kappa shape index (κ1) is 10.0. The standard InChI is InChI=1S/C10H20O2/c1-8(6-11)9-4-5-10(2,3)7-12-9/h8-9,11H,4-7H2,1-3H3. The van der Waals surface area contributed by atoms with Gasteiger partial charge in [-0.3, -0.25) is 0 Å². The zero-order valence-corrected chi connectivity index (χ0v) is 8.34. The van der Waals surface area contributed by atoms with E-state index < -0.39 is 0 Å². The number of hydrogen-bond acceptors (Lipinski definition) is 2. The van der Waals surface area contributed by atoms with Gasteiger partial charge in [-0.2, -0.15) is 0 Å². The maximum Gasteiger partial charge on any atom is 0.0623 e. The normalized spacial score (nSPS) is 31.5. The first-order valence-corrected chi connectivity index (χ1v) is 4.77. The lowest BCUT2D eigenvalue weighted by Gasteiger charge is -2.36. The molecule has 2 nitrogen and oxygen atoms in total. The Labute approximate surface area is 74.9 Å². The summed E-state index contributed by atoms with van der Waals surface area (Å²) in [5, 5.41) is 8.94. The summed E-state index contributed by atoms with van der Waals surface area (Å²) in [5.74, 6) is 0.293. The monoisotopic (exact) mass is 172 g/mol. The van der Waals surface area contributed by atoms with E-state index in [1.165, 1.54) is 6.42 Å². The van der Waals surface area contributed by atoms with Crippen molar-refractivity contribution in [2.24, 2.45) is 11.3 Å². The van der Waals surface area contributed by atoms with E-state index in [1.54, 1.807) is 0 Å². The molecule has 2 heteroatoms. The van der Waals surface area contributed by atoms with Gasteiger partial charge in [-0.05, 0) is 18.3 Å². The van der Waals surface area contributed by atoms with Crippen LogP contribution in [0.4, 0.5) is 0 Å². The van der Waals surface area contributed by atoms with Crippen molar-refractivity contribution < 1.29 is 9.84 Å². The molecule has 1 heterocycles. The largest absolute Gasteiger partial charge is 0.396 e. The number of aliphatic hydroxyl groups excluding tert-OH is 1. The molecule has 1 N–H and O–H groups in total. The van der Waals surface area contributed by atoms with Crippen molar-refractivity contribution in [3.05, 3.63) is 0 Å². The van der Waals surface area contributed by atoms with Gasteiger partial charge in [-0.1, -0.05) is 20.8 Å². The van der Waals surface area contributed by atoms with Crippen molar-refractivity contribution in [2.75, 3.05) is 13.2 Å². The molecule has 0 aromatic heterocycles. The van der Waals surface area contributed by atoms with Crippen LogP contribution < -0.4 is 0 Å². The zero-order chi connectivity index (χ0) is 9.19. The van der Waals surface area contributed by atoms with Crippen molar-refractivity contribution in [3.8, 4) is 0 Å². The molecule has 1 aliphatic heterocycles. The predicted molar refractivity (Wildman–Crippen MR) is 49.0 cm³/mol. The molecule has 1 saturated heterocycles. The fraction of sp³-hybridized carbons (Fsp3) is 1.00. The Balaban J connectivity index is 2.36. The Morgan fingerprint density at radius 2 is 2.25 bits per heavy atom. The van der Waals surface area contributed by atoms with Crippen LogP contribution >= 0.6 is 0 Å². The maximum atomic E-state index is 8.94. The SMILES string of the molecule is CC(CO)C1CCC(C)(C)CO1. The molecule has 0 aromatic carbocycles. The Morgan fingerprint density at radius 3 is 2.67 bits per heavy atom. The number of hydrogen-bond donors (Lipinski definition) is 1. The highest BCUT2D eigenvalue weighted by atomic mass is 16.5. The van der Waals surface area contributed by atoms with Gasteiger partial charge in [0.2, 0.25) is 0 Å². The Hall–Kier alpha value is -0.0800. The molecule has 0 amide bonds. The third kappa shape index (κ3) is 2.46. The third-order valence-electron chi connectivity index (χ3n) is 2.72. The molecule has 0 saturated carbocycles. The fourth-order valence-electron chi connectivity index (χ4n) is 1.59. The lowest BCUT2D eigenvalue weighted by atomic mass is 9.83. The molecule has 1 rings (SSSR count). The molecular weight excluding hydrogens is 152 g/mol. The molecule has 0 radical (unpaired) electrons. The molecule has 0 bridgehead atoms.